The van der Waals surface area contributed by atoms with E-state index in [2.05, 4.69) is 5.11 Å². The van der Waals surface area contributed by atoms with Crippen LogP contribution in [0.5, 0.6) is 0 Å². The van der Waals surface area contributed by atoms with Crippen molar-refractivity contribution in [2.24, 2.45) is 5.11 Å². The molecule has 0 aliphatic rings. The normalized spacial score (nSPS) is 15.8. The van der Waals surface area contributed by atoms with Crippen LogP contribution in [0.4, 0.5) is 23.2 Å². The predicted octanol–water partition coefficient (Wildman–Crippen LogP) is 7.34. The van der Waals surface area contributed by atoms with Crippen LogP contribution in [0.2, 0.25) is 10.0 Å². The highest BCUT2D eigenvalue weighted by molar-refractivity contribution is 14.2. The summed E-state index contributed by atoms with van der Waals surface area (Å²) >= 11 is 13.8. The van der Waals surface area contributed by atoms with Gasteiger partial charge in [0.1, 0.15) is 5.69 Å². The first-order valence-electron chi connectivity index (χ1n) is 4.55. The van der Waals surface area contributed by atoms with Gasteiger partial charge in [-0.1, -0.05) is 23.2 Å². The number of nitrogens with zero attached hydrogens (tertiary/aromatic N) is 1. The van der Waals surface area contributed by atoms with Gasteiger partial charge in [-0.15, -0.1) is 0 Å². The number of hydrogen-bond acceptors (Lipinski definition) is 2. The summed E-state index contributed by atoms with van der Waals surface area (Å²) in [6, 6.07) is 1.58. The van der Waals surface area contributed by atoms with Crippen molar-refractivity contribution >= 4 is 96.7 Å². The summed E-state index contributed by atoms with van der Waals surface area (Å²) in [5.74, 6) is 0. The maximum Gasteiger partial charge on any atom is 0.338 e. The third-order valence-corrected chi connectivity index (χ3v) is 5.11. The van der Waals surface area contributed by atoms with E-state index in [-0.39, 0.29) is 15.7 Å². The molecular weight excluding hydrogens is 664 g/mol. The molecule has 0 fully saturated rings. The Morgan fingerprint density at radius 1 is 1.00 bits per heavy atom. The molecule has 0 spiro atoms. The van der Waals surface area contributed by atoms with E-state index in [4.69, 9.17) is 28.7 Å². The van der Waals surface area contributed by atoms with Crippen LogP contribution in [-0.4, -0.2) is 5.61 Å². The number of rotatable bonds is 4. The van der Waals surface area contributed by atoms with Gasteiger partial charge in [-0.25, -0.2) is 14.3 Å². The molecule has 0 heterocycles. The molecule has 0 saturated heterocycles. The molecule has 1 aromatic rings. The van der Waals surface area contributed by atoms with E-state index < -0.39 is 16.8 Å². The highest BCUT2D eigenvalue weighted by Gasteiger charge is 2.67. The molecule has 11 heteroatoms. The van der Waals surface area contributed by atoms with Gasteiger partial charge in [0.05, 0.1) is 10.0 Å². The smallest absolute Gasteiger partial charge is 0.225 e. The van der Waals surface area contributed by atoms with Gasteiger partial charge in [0.2, 0.25) is 0 Å². The Morgan fingerprint density at radius 2 is 1.40 bits per heavy atom. The third-order valence-electron chi connectivity index (χ3n) is 2.31. The number of nitrogens with one attached hydrogen (secondary N) is 1. The minimum absolute atomic E-state index is 0.206. The summed E-state index contributed by atoms with van der Waals surface area (Å²) in [7, 11) is 0. The van der Waals surface area contributed by atoms with E-state index in [0.29, 0.717) is 22.6 Å². The zero-order valence-corrected chi connectivity index (χ0v) is 17.0. The summed E-state index contributed by atoms with van der Waals surface area (Å²) in [6.07, 6.45) is 0. The van der Waals surface area contributed by atoms with Crippen molar-refractivity contribution in [2.45, 2.75) is 11.3 Å². The Balaban J connectivity index is 3.65. The first-order chi connectivity index (χ1) is 8.86. The summed E-state index contributed by atoms with van der Waals surface area (Å²) in [6.45, 7) is 0. The molecule has 0 amide bonds. The van der Waals surface area contributed by atoms with Gasteiger partial charge in [-0.05, 0) is 57.3 Å². The molecule has 1 aromatic carbocycles. The lowest BCUT2D eigenvalue weighted by Crippen LogP contribution is -2.47. The maximum absolute atomic E-state index is 14.8. The molecule has 1 rings (SSSR count). The Morgan fingerprint density at radius 3 is 1.65 bits per heavy atom. The fourth-order valence-corrected chi connectivity index (χ4v) is 4.95. The van der Waals surface area contributed by atoms with E-state index >= 15 is 0 Å². The maximum atomic E-state index is 14.8. The topological polar surface area (TPSA) is 36.2 Å². The highest BCUT2D eigenvalue weighted by atomic mass is 127. The lowest BCUT2D eigenvalue weighted by molar-refractivity contribution is -0.0776. The first-order valence-corrected chi connectivity index (χ1v) is 8.54. The number of hydrogen-bond donors (Lipinski definition) is 1. The molecule has 0 aromatic heterocycles. The molecule has 1 unspecified atom stereocenters. The van der Waals surface area contributed by atoms with Crippen LogP contribution in [0.15, 0.2) is 17.2 Å². The molecule has 1 atom stereocenters. The Labute approximate surface area is 162 Å². The zero-order chi connectivity index (χ0) is 15.9. The molecule has 112 valence electrons. The van der Waals surface area contributed by atoms with Crippen molar-refractivity contribution < 1.29 is 17.6 Å². The summed E-state index contributed by atoms with van der Waals surface area (Å²) in [5, 5.41) is 2.36. The van der Waals surface area contributed by atoms with Crippen LogP contribution in [-0.2, 0) is 5.67 Å². The van der Waals surface area contributed by atoms with Gasteiger partial charge in [-0.3, -0.25) is 0 Å². The van der Waals surface area contributed by atoms with Crippen LogP contribution in [0, 0.1) is 5.53 Å². The largest absolute Gasteiger partial charge is 0.338 e. The monoisotopic (exact) mass is 666 g/mol. The average Bonchev–Trinajstić information content (AvgIpc) is 2.24. The van der Waals surface area contributed by atoms with Crippen LogP contribution >= 0.6 is 91.0 Å². The zero-order valence-electron chi connectivity index (χ0n) is 9.00. The van der Waals surface area contributed by atoms with Crippen LogP contribution in [0.1, 0.15) is 5.56 Å². The van der Waals surface area contributed by atoms with Crippen molar-refractivity contribution in [3.8, 4) is 0 Å². The lowest BCUT2D eigenvalue weighted by atomic mass is 9.97. The summed E-state index contributed by atoms with van der Waals surface area (Å²) in [4.78, 5) is 0. The standard InChI is InChI=1S/C9H3Cl2F4I3N2/c10-4-1-3(2-5(11)6(4)20-19)7(12,8(13,14)16)9(15,17)18/h1-2,19H. The van der Waals surface area contributed by atoms with Gasteiger partial charge < -0.3 is 0 Å². The summed E-state index contributed by atoms with van der Waals surface area (Å²) < 4.78 is 49.0. The molecule has 0 bridgehead atoms. The fourth-order valence-electron chi connectivity index (χ4n) is 1.36. The molecule has 1 N–H and O–H groups in total. The second-order valence-electron chi connectivity index (χ2n) is 3.55. The van der Waals surface area contributed by atoms with Crippen molar-refractivity contribution in [3.05, 3.63) is 27.7 Å². The second-order valence-corrected chi connectivity index (χ2v) is 10.8. The number of halogens is 9. The molecule has 0 radical (unpaired) electrons. The Kier molecular flexibility index (Phi) is 6.23. The van der Waals surface area contributed by atoms with Gasteiger partial charge in [0.15, 0.2) is 0 Å². The van der Waals surface area contributed by atoms with Crippen LogP contribution < -0.4 is 0 Å². The minimum Gasteiger partial charge on any atom is -0.225 e. The predicted molar refractivity (Wildman–Crippen MR) is 94.9 cm³/mol. The van der Waals surface area contributed by atoms with Crippen molar-refractivity contribution in [1.29, 1.82) is 5.53 Å². The quantitative estimate of drug-likeness (QED) is 0.151. The van der Waals surface area contributed by atoms with Gasteiger partial charge >= 0.3 is 3.93 Å². The SMILES string of the molecule is N=Nc1c(Cl)cc(C(F)(C(F)(F)I)C(F)(I)I)cc1Cl. The van der Waals surface area contributed by atoms with Gasteiger partial charge in [-0.2, -0.15) is 13.9 Å². The van der Waals surface area contributed by atoms with E-state index in [9.17, 15) is 17.6 Å². The molecule has 0 aliphatic carbocycles. The van der Waals surface area contributed by atoms with Crippen LogP contribution in [0.25, 0.3) is 0 Å². The van der Waals surface area contributed by atoms with E-state index in [1.165, 1.54) is 0 Å². The van der Waals surface area contributed by atoms with E-state index in [0.717, 1.165) is 57.3 Å². The molecular formula is C9H3Cl2F4I3N2. The number of benzene rings is 1. The minimum atomic E-state index is -4.06. The molecule has 20 heavy (non-hydrogen) atoms. The van der Waals surface area contributed by atoms with Crippen molar-refractivity contribution in [3.63, 3.8) is 0 Å². The van der Waals surface area contributed by atoms with E-state index in [1.54, 1.807) is 0 Å². The Bertz CT molecular complexity index is 508. The lowest BCUT2D eigenvalue weighted by Gasteiger charge is -2.35. The van der Waals surface area contributed by atoms with E-state index in [1.807, 2.05) is 0 Å². The summed E-state index contributed by atoms with van der Waals surface area (Å²) in [5.41, 5.74) is 2.23. The van der Waals surface area contributed by atoms with Crippen molar-refractivity contribution in [1.82, 2.24) is 0 Å². The number of alkyl halides is 7. The molecule has 2 nitrogen and oxygen atoms in total. The third kappa shape index (κ3) is 3.45. The van der Waals surface area contributed by atoms with Gasteiger partial charge in [0.25, 0.3) is 7.35 Å². The average molecular weight is 667 g/mol. The Hall–Kier alpha value is 1.31. The molecule has 0 aliphatic heterocycles. The van der Waals surface area contributed by atoms with Crippen LogP contribution in [0.3, 0.4) is 0 Å². The molecule has 0 saturated carbocycles. The second kappa shape index (κ2) is 6.43. The highest BCUT2D eigenvalue weighted by Crippen LogP contribution is 2.60. The first kappa shape index (κ1) is 19.4. The van der Waals surface area contributed by atoms with Gasteiger partial charge in [0, 0.05) is 28.2 Å². The fraction of sp³-hybridized carbons (Fsp3) is 0.333. The van der Waals surface area contributed by atoms with Crippen molar-refractivity contribution in [2.75, 3.05) is 0 Å².